The highest BCUT2D eigenvalue weighted by molar-refractivity contribution is 9.10. The summed E-state index contributed by atoms with van der Waals surface area (Å²) < 4.78 is 36.0. The fraction of sp³-hybridized carbons (Fsp3) is 0.0526. The molecule has 0 saturated carbocycles. The Balaban J connectivity index is 2.16. The summed E-state index contributed by atoms with van der Waals surface area (Å²) in [6, 6.07) is 13.0. The van der Waals surface area contributed by atoms with E-state index in [1.807, 2.05) is 30.3 Å². The Morgan fingerprint density at radius 1 is 1.00 bits per heavy atom. The lowest BCUT2D eigenvalue weighted by molar-refractivity contribution is 0.403. The zero-order valence-electron chi connectivity index (χ0n) is 13.6. The lowest BCUT2D eigenvalue weighted by atomic mass is 10.1. The molecule has 0 radical (unpaired) electrons. The Morgan fingerprint density at radius 3 is 2.35 bits per heavy atom. The van der Waals surface area contributed by atoms with E-state index in [9.17, 15) is 8.78 Å². The molecule has 2 aromatic heterocycles. The molecule has 0 unspecified atom stereocenters. The highest BCUT2D eigenvalue weighted by Crippen LogP contribution is 2.39. The number of para-hydroxylation sites is 1. The van der Waals surface area contributed by atoms with E-state index in [-0.39, 0.29) is 5.69 Å². The van der Waals surface area contributed by atoms with E-state index < -0.39 is 11.6 Å². The average molecular weight is 416 g/mol. The lowest BCUT2D eigenvalue weighted by Crippen LogP contribution is -2.04. The number of ether oxygens (including phenoxy) is 1. The molecule has 0 bridgehead atoms. The van der Waals surface area contributed by atoms with E-state index in [2.05, 4.69) is 26.0 Å². The van der Waals surface area contributed by atoms with Gasteiger partial charge in [0.25, 0.3) is 0 Å². The third kappa shape index (κ3) is 2.55. The normalized spacial score (nSPS) is 11.1. The number of halogens is 3. The van der Waals surface area contributed by atoms with E-state index in [0.29, 0.717) is 26.9 Å². The summed E-state index contributed by atoms with van der Waals surface area (Å²) in [5.74, 6) is -1.10. The van der Waals surface area contributed by atoms with Crippen LogP contribution in [0.3, 0.4) is 0 Å². The molecule has 2 aromatic carbocycles. The van der Waals surface area contributed by atoms with Gasteiger partial charge in [-0.1, -0.05) is 36.4 Å². The molecule has 0 amide bonds. The molecule has 4 nitrogen and oxygen atoms in total. The third-order valence-corrected chi connectivity index (χ3v) is 4.59. The van der Waals surface area contributed by atoms with E-state index in [0.717, 1.165) is 5.56 Å². The number of methoxy groups -OCH3 is 1. The van der Waals surface area contributed by atoms with Gasteiger partial charge in [-0.25, -0.2) is 18.4 Å². The monoisotopic (exact) mass is 415 g/mol. The van der Waals surface area contributed by atoms with E-state index in [4.69, 9.17) is 4.74 Å². The van der Waals surface area contributed by atoms with Gasteiger partial charge in [0.1, 0.15) is 11.4 Å². The Kier molecular flexibility index (Phi) is 4.16. The van der Waals surface area contributed by atoms with Crippen LogP contribution in [0.4, 0.5) is 8.78 Å². The van der Waals surface area contributed by atoms with Gasteiger partial charge in [-0.05, 0) is 28.1 Å². The minimum atomic E-state index is -0.711. The van der Waals surface area contributed by atoms with Crippen molar-refractivity contribution in [3.05, 3.63) is 70.8 Å². The summed E-state index contributed by atoms with van der Waals surface area (Å²) in [7, 11) is 1.49. The van der Waals surface area contributed by atoms with Crippen molar-refractivity contribution in [2.75, 3.05) is 7.11 Å². The molecule has 4 rings (SSSR count). The van der Waals surface area contributed by atoms with Crippen LogP contribution in [-0.2, 0) is 0 Å². The van der Waals surface area contributed by atoms with Crippen molar-refractivity contribution < 1.29 is 13.5 Å². The minimum absolute atomic E-state index is 0.256. The molecule has 2 heterocycles. The molecule has 130 valence electrons. The van der Waals surface area contributed by atoms with E-state index in [1.165, 1.54) is 36.2 Å². The van der Waals surface area contributed by atoms with Gasteiger partial charge < -0.3 is 4.74 Å². The maximum absolute atomic E-state index is 14.4. The minimum Gasteiger partial charge on any atom is -0.480 e. The molecule has 7 heteroatoms. The maximum Gasteiger partial charge on any atom is 0.225 e. The number of hydrogen-bond acceptors (Lipinski definition) is 3. The number of aromatic nitrogens is 3. The highest BCUT2D eigenvalue weighted by Gasteiger charge is 2.23. The number of pyridine rings is 1. The molecule has 4 aromatic rings. The number of benzene rings is 2. The first-order valence-electron chi connectivity index (χ1n) is 7.73. The highest BCUT2D eigenvalue weighted by atomic mass is 79.9. The first-order valence-corrected chi connectivity index (χ1v) is 8.52. The average Bonchev–Trinajstić information content (AvgIpc) is 3.04. The smallest absolute Gasteiger partial charge is 0.225 e. The molecule has 0 aliphatic heterocycles. The van der Waals surface area contributed by atoms with Crippen LogP contribution in [-0.4, -0.2) is 21.9 Å². The molecular weight excluding hydrogens is 404 g/mol. The number of hydrogen-bond donors (Lipinski definition) is 0. The van der Waals surface area contributed by atoms with Crippen molar-refractivity contribution in [2.45, 2.75) is 0 Å². The van der Waals surface area contributed by atoms with Gasteiger partial charge >= 0.3 is 0 Å². The molecule has 0 atom stereocenters. The summed E-state index contributed by atoms with van der Waals surface area (Å²) in [6.07, 6.45) is 1.52. The van der Waals surface area contributed by atoms with Gasteiger partial charge in [0.2, 0.25) is 5.88 Å². The van der Waals surface area contributed by atoms with Gasteiger partial charge in [0.15, 0.2) is 11.6 Å². The van der Waals surface area contributed by atoms with Crippen LogP contribution >= 0.6 is 15.9 Å². The summed E-state index contributed by atoms with van der Waals surface area (Å²) >= 11 is 3.42. The second kappa shape index (κ2) is 6.49. The van der Waals surface area contributed by atoms with E-state index >= 15 is 0 Å². The van der Waals surface area contributed by atoms with Crippen molar-refractivity contribution in [2.24, 2.45) is 0 Å². The molecule has 0 aliphatic carbocycles. The second-order valence-corrected chi connectivity index (χ2v) is 6.39. The zero-order chi connectivity index (χ0) is 18.3. The van der Waals surface area contributed by atoms with Gasteiger partial charge in [0, 0.05) is 11.8 Å². The number of rotatable bonds is 3. The quantitative estimate of drug-likeness (QED) is 0.465. The molecule has 0 aliphatic rings. The van der Waals surface area contributed by atoms with Crippen LogP contribution in [0.1, 0.15) is 0 Å². The molecule has 0 spiro atoms. The zero-order valence-corrected chi connectivity index (χ0v) is 15.2. The largest absolute Gasteiger partial charge is 0.480 e. The topological polar surface area (TPSA) is 39.9 Å². The molecule has 0 saturated heterocycles. The Hall–Kier alpha value is -2.80. The van der Waals surface area contributed by atoms with Gasteiger partial charge in [0.05, 0.1) is 22.5 Å². The summed E-state index contributed by atoms with van der Waals surface area (Å²) in [5.41, 5.74) is 1.52. The van der Waals surface area contributed by atoms with Crippen LogP contribution in [0, 0.1) is 11.6 Å². The lowest BCUT2D eigenvalue weighted by Gasteiger charge is -2.08. The number of fused-ring (bicyclic) bond motifs is 1. The fourth-order valence-corrected chi connectivity index (χ4v) is 3.36. The second-order valence-electron chi connectivity index (χ2n) is 5.54. The van der Waals surface area contributed by atoms with Gasteiger partial charge in [-0.3, -0.25) is 0 Å². The summed E-state index contributed by atoms with van der Waals surface area (Å²) in [6.45, 7) is 0. The van der Waals surface area contributed by atoms with Crippen molar-refractivity contribution in [1.82, 2.24) is 14.8 Å². The van der Waals surface area contributed by atoms with Crippen molar-refractivity contribution in [3.8, 4) is 22.8 Å². The first-order chi connectivity index (χ1) is 12.6. The number of nitrogens with zero attached hydrogens (tertiary/aromatic N) is 3. The van der Waals surface area contributed by atoms with Crippen LogP contribution in [0.15, 0.2) is 59.2 Å². The van der Waals surface area contributed by atoms with E-state index in [1.54, 1.807) is 0 Å². The summed E-state index contributed by atoms with van der Waals surface area (Å²) in [4.78, 5) is 4.25. The van der Waals surface area contributed by atoms with Crippen LogP contribution in [0.5, 0.6) is 5.88 Å². The van der Waals surface area contributed by atoms with Crippen molar-refractivity contribution in [3.63, 3.8) is 0 Å². The maximum atomic E-state index is 14.4. The predicted molar refractivity (Wildman–Crippen MR) is 98.5 cm³/mol. The summed E-state index contributed by atoms with van der Waals surface area (Å²) in [5, 5.41) is 5.07. The molecule has 26 heavy (non-hydrogen) atoms. The first kappa shape index (κ1) is 16.7. The van der Waals surface area contributed by atoms with Crippen LogP contribution in [0.25, 0.3) is 27.8 Å². The van der Waals surface area contributed by atoms with Crippen molar-refractivity contribution >= 4 is 26.8 Å². The van der Waals surface area contributed by atoms with Crippen LogP contribution < -0.4 is 4.74 Å². The standard InChI is InChI=1S/C19H12BrF2N3O/c1-26-19-15-16(11-6-3-2-4-7-11)24-25(17(15)12(20)10-23-19)18-13(21)8-5-9-14(18)22/h2-10H,1H3. The van der Waals surface area contributed by atoms with Crippen molar-refractivity contribution in [1.29, 1.82) is 0 Å². The third-order valence-electron chi connectivity index (χ3n) is 4.01. The predicted octanol–water partition coefficient (Wildman–Crippen LogP) is 5.14. The van der Waals surface area contributed by atoms with Crippen LogP contribution in [0.2, 0.25) is 0 Å². The molecule has 0 fully saturated rings. The Bertz CT molecular complexity index is 1090. The Labute approximate surface area is 156 Å². The van der Waals surface area contributed by atoms with Gasteiger partial charge in [-0.15, -0.1) is 0 Å². The van der Waals surface area contributed by atoms with Gasteiger partial charge in [-0.2, -0.15) is 5.10 Å². The molecular formula is C19H12BrF2N3O. The Morgan fingerprint density at radius 2 is 1.69 bits per heavy atom. The fourth-order valence-electron chi connectivity index (χ4n) is 2.89. The molecule has 0 N–H and O–H groups in total. The SMILES string of the molecule is COc1ncc(Br)c2c1c(-c1ccccc1)nn2-c1c(F)cccc1F.